The maximum atomic E-state index is 12.3. The van der Waals surface area contributed by atoms with Gasteiger partial charge in [-0.05, 0) is 27.7 Å². The average Bonchev–Trinajstić information content (AvgIpc) is 2.78. The van der Waals surface area contributed by atoms with Gasteiger partial charge in [-0.15, -0.1) is 0 Å². The molecule has 126 valence electrons. The van der Waals surface area contributed by atoms with Crippen molar-refractivity contribution in [1.82, 2.24) is 5.06 Å². The summed E-state index contributed by atoms with van der Waals surface area (Å²) in [5.74, 6) is -0.951. The van der Waals surface area contributed by atoms with Gasteiger partial charge < -0.3 is 14.2 Å². The van der Waals surface area contributed by atoms with Crippen LogP contribution in [0, 0.1) is 0 Å². The molecule has 0 aromatic carbocycles. The van der Waals surface area contributed by atoms with E-state index in [1.807, 2.05) is 0 Å². The van der Waals surface area contributed by atoms with Crippen LogP contribution in [-0.2, 0) is 28.6 Å². The Kier molecular flexibility index (Phi) is 5.90. The van der Waals surface area contributed by atoms with Crippen LogP contribution < -0.4 is 0 Å². The van der Waals surface area contributed by atoms with Crippen molar-refractivity contribution in [1.29, 1.82) is 0 Å². The summed E-state index contributed by atoms with van der Waals surface area (Å²) in [4.78, 5) is 34.0. The Hall–Kier alpha value is -1.67. The lowest BCUT2D eigenvalue weighted by atomic mass is 10.1. The summed E-state index contributed by atoms with van der Waals surface area (Å²) in [6, 6.07) is 0. The van der Waals surface area contributed by atoms with Gasteiger partial charge in [-0.25, -0.2) is 19.7 Å². The summed E-state index contributed by atoms with van der Waals surface area (Å²) in [7, 11) is 3.11. The van der Waals surface area contributed by atoms with Crippen molar-refractivity contribution in [2.24, 2.45) is 4.99 Å². The standard InChI is InChI=1S/C14H24N2O6/c1-7-20-10(17)9-14(12(18)21-8-2)15-11(16(5)22-14)13(3,4)19-6/h7-9H2,1-6H3. The Morgan fingerprint density at radius 2 is 1.86 bits per heavy atom. The third kappa shape index (κ3) is 3.75. The van der Waals surface area contributed by atoms with Crippen molar-refractivity contribution in [3.63, 3.8) is 0 Å². The molecule has 0 saturated carbocycles. The highest BCUT2D eigenvalue weighted by Gasteiger charge is 2.53. The summed E-state index contributed by atoms with van der Waals surface area (Å²) < 4.78 is 15.3. The van der Waals surface area contributed by atoms with Crippen LogP contribution >= 0.6 is 0 Å². The Balaban J connectivity index is 3.17. The van der Waals surface area contributed by atoms with Crippen LogP contribution in [0.15, 0.2) is 4.99 Å². The number of esters is 2. The van der Waals surface area contributed by atoms with E-state index in [1.165, 1.54) is 12.2 Å². The van der Waals surface area contributed by atoms with Gasteiger partial charge in [-0.3, -0.25) is 4.79 Å². The van der Waals surface area contributed by atoms with E-state index in [-0.39, 0.29) is 19.6 Å². The molecule has 8 heteroatoms. The molecular formula is C14H24N2O6. The molecule has 22 heavy (non-hydrogen) atoms. The van der Waals surface area contributed by atoms with E-state index in [1.54, 1.807) is 34.7 Å². The molecule has 0 amide bonds. The van der Waals surface area contributed by atoms with Gasteiger partial charge in [0.25, 0.3) is 5.72 Å². The Morgan fingerprint density at radius 3 is 2.36 bits per heavy atom. The summed E-state index contributed by atoms with van der Waals surface area (Å²) in [5, 5.41) is 1.32. The topological polar surface area (TPSA) is 86.7 Å². The van der Waals surface area contributed by atoms with E-state index in [2.05, 4.69) is 4.99 Å². The fraction of sp³-hybridized carbons (Fsp3) is 0.786. The Morgan fingerprint density at radius 1 is 1.27 bits per heavy atom. The molecule has 0 radical (unpaired) electrons. The van der Waals surface area contributed by atoms with Gasteiger partial charge in [0.15, 0.2) is 5.84 Å². The zero-order valence-electron chi connectivity index (χ0n) is 14.0. The maximum absolute atomic E-state index is 12.3. The number of likely N-dealkylation sites (N-methyl/N-ethyl adjacent to an activating group) is 1. The van der Waals surface area contributed by atoms with Crippen LogP contribution in [-0.4, -0.2) is 61.5 Å². The minimum Gasteiger partial charge on any atom is -0.466 e. The smallest absolute Gasteiger partial charge is 0.364 e. The second-order valence-corrected chi connectivity index (χ2v) is 5.23. The molecule has 1 heterocycles. The monoisotopic (exact) mass is 316 g/mol. The molecule has 0 aliphatic carbocycles. The minimum atomic E-state index is -1.78. The number of nitrogens with zero attached hydrogens (tertiary/aromatic N) is 2. The van der Waals surface area contributed by atoms with Gasteiger partial charge >= 0.3 is 11.9 Å². The van der Waals surface area contributed by atoms with Gasteiger partial charge in [0.2, 0.25) is 0 Å². The van der Waals surface area contributed by atoms with Crippen LogP contribution in [0.25, 0.3) is 0 Å². The van der Waals surface area contributed by atoms with E-state index in [4.69, 9.17) is 19.0 Å². The molecule has 1 unspecified atom stereocenters. The first kappa shape index (κ1) is 18.4. The SMILES string of the molecule is CCOC(=O)CC1(C(=O)OCC)N=C(C(C)(C)OC)N(C)O1. The normalized spacial score (nSPS) is 21.5. The van der Waals surface area contributed by atoms with E-state index in [0.29, 0.717) is 5.84 Å². The number of aliphatic imine (C=N–C) groups is 1. The van der Waals surface area contributed by atoms with Crippen LogP contribution in [0.5, 0.6) is 0 Å². The molecule has 1 aliphatic rings. The largest absolute Gasteiger partial charge is 0.466 e. The second kappa shape index (κ2) is 7.06. The van der Waals surface area contributed by atoms with Crippen molar-refractivity contribution < 1.29 is 28.6 Å². The highest BCUT2D eigenvalue weighted by atomic mass is 16.7. The van der Waals surface area contributed by atoms with Crippen LogP contribution in [0.2, 0.25) is 0 Å². The van der Waals surface area contributed by atoms with Gasteiger partial charge in [-0.1, -0.05) is 0 Å². The first-order valence-electron chi connectivity index (χ1n) is 7.13. The highest BCUT2D eigenvalue weighted by molar-refractivity contribution is 5.96. The van der Waals surface area contributed by atoms with Gasteiger partial charge in [0.1, 0.15) is 12.0 Å². The number of hydrogen-bond donors (Lipinski definition) is 0. The quantitative estimate of drug-likeness (QED) is 0.645. The summed E-state index contributed by atoms with van der Waals surface area (Å²) >= 11 is 0. The molecule has 1 atom stereocenters. The van der Waals surface area contributed by atoms with Gasteiger partial charge in [0, 0.05) is 14.2 Å². The summed E-state index contributed by atoms with van der Waals surface area (Å²) in [6.45, 7) is 7.24. The lowest BCUT2D eigenvalue weighted by molar-refractivity contribution is -0.209. The zero-order chi connectivity index (χ0) is 17.0. The number of hydroxylamine groups is 2. The predicted octanol–water partition coefficient (Wildman–Crippen LogP) is 0.900. The maximum Gasteiger partial charge on any atom is 0.364 e. The van der Waals surface area contributed by atoms with E-state index < -0.39 is 23.3 Å². The number of hydrogen-bond acceptors (Lipinski definition) is 8. The third-order valence-electron chi connectivity index (χ3n) is 3.21. The first-order chi connectivity index (χ1) is 10.2. The van der Waals surface area contributed by atoms with E-state index in [0.717, 1.165) is 0 Å². The summed E-state index contributed by atoms with van der Waals surface area (Å²) in [5.41, 5.74) is -2.57. The molecule has 0 aromatic rings. The van der Waals surface area contributed by atoms with E-state index in [9.17, 15) is 9.59 Å². The number of carbonyl (C=O) groups is 2. The van der Waals surface area contributed by atoms with Gasteiger partial charge in [0.05, 0.1) is 13.2 Å². The van der Waals surface area contributed by atoms with Crippen LogP contribution in [0.3, 0.4) is 0 Å². The zero-order valence-corrected chi connectivity index (χ0v) is 14.0. The molecule has 1 aliphatic heterocycles. The fourth-order valence-corrected chi connectivity index (χ4v) is 2.02. The van der Waals surface area contributed by atoms with Crippen molar-refractivity contribution in [3.05, 3.63) is 0 Å². The van der Waals surface area contributed by atoms with Crippen molar-refractivity contribution >= 4 is 17.8 Å². The predicted molar refractivity (Wildman–Crippen MR) is 78.0 cm³/mol. The van der Waals surface area contributed by atoms with Crippen molar-refractivity contribution in [2.75, 3.05) is 27.4 Å². The average molecular weight is 316 g/mol. The molecule has 0 spiro atoms. The third-order valence-corrected chi connectivity index (χ3v) is 3.21. The number of rotatable bonds is 7. The molecule has 0 fully saturated rings. The van der Waals surface area contributed by atoms with Gasteiger partial charge in [-0.2, -0.15) is 0 Å². The fourth-order valence-electron chi connectivity index (χ4n) is 2.02. The summed E-state index contributed by atoms with van der Waals surface area (Å²) in [6.07, 6.45) is -0.368. The number of carbonyl (C=O) groups excluding carboxylic acids is 2. The molecule has 0 N–H and O–H groups in total. The molecule has 0 bridgehead atoms. The molecule has 1 rings (SSSR count). The lowest BCUT2D eigenvalue weighted by Crippen LogP contribution is -2.44. The lowest BCUT2D eigenvalue weighted by Gasteiger charge is -2.27. The Bertz CT molecular complexity index is 462. The van der Waals surface area contributed by atoms with Crippen molar-refractivity contribution in [2.45, 2.75) is 45.4 Å². The number of methoxy groups -OCH3 is 1. The highest BCUT2D eigenvalue weighted by Crippen LogP contribution is 2.32. The molecule has 0 saturated heterocycles. The second-order valence-electron chi connectivity index (χ2n) is 5.23. The molecular weight excluding hydrogens is 292 g/mol. The van der Waals surface area contributed by atoms with Crippen molar-refractivity contribution in [3.8, 4) is 0 Å². The Labute approximate surface area is 130 Å². The first-order valence-corrected chi connectivity index (χ1v) is 7.13. The molecule has 0 aromatic heterocycles. The minimum absolute atomic E-state index is 0.148. The number of amidine groups is 1. The molecule has 8 nitrogen and oxygen atoms in total. The van der Waals surface area contributed by atoms with Crippen LogP contribution in [0.4, 0.5) is 0 Å². The van der Waals surface area contributed by atoms with E-state index >= 15 is 0 Å². The number of ether oxygens (including phenoxy) is 3. The van der Waals surface area contributed by atoms with Crippen LogP contribution in [0.1, 0.15) is 34.1 Å².